The molecule has 0 saturated heterocycles. The minimum absolute atomic E-state index is 0.136. The lowest BCUT2D eigenvalue weighted by atomic mass is 10.2. The first-order valence-corrected chi connectivity index (χ1v) is 10.0. The number of nitrogens with zero attached hydrogens (tertiary/aromatic N) is 3. The molecule has 0 radical (unpaired) electrons. The van der Waals surface area contributed by atoms with Crippen LogP contribution in [-0.2, 0) is 16.1 Å². The van der Waals surface area contributed by atoms with Gasteiger partial charge in [-0.15, -0.1) is 0 Å². The molecule has 3 aromatic rings. The Morgan fingerprint density at radius 2 is 2.07 bits per heavy atom. The third-order valence-electron chi connectivity index (χ3n) is 4.17. The fourth-order valence-electron chi connectivity index (χ4n) is 2.86. The SMILES string of the molecule is CCOCCn1c(=NC(=O)c2cccc([N+](=O)[O-])c2)sc2cc(NC(C)=O)ccc21. The highest BCUT2D eigenvalue weighted by Gasteiger charge is 2.13. The Balaban J connectivity index is 2.06. The van der Waals surface area contributed by atoms with Gasteiger partial charge in [0.05, 0.1) is 21.7 Å². The van der Waals surface area contributed by atoms with E-state index in [0.29, 0.717) is 30.2 Å². The summed E-state index contributed by atoms with van der Waals surface area (Å²) >= 11 is 1.29. The number of non-ortho nitro benzene ring substituents is 1. The monoisotopic (exact) mass is 428 g/mol. The lowest BCUT2D eigenvalue weighted by Gasteiger charge is -2.06. The van der Waals surface area contributed by atoms with Crippen molar-refractivity contribution >= 4 is 44.7 Å². The summed E-state index contributed by atoms with van der Waals surface area (Å²) in [4.78, 5) is 39.1. The molecular formula is C20H20N4O5S. The molecular weight excluding hydrogens is 408 g/mol. The van der Waals surface area contributed by atoms with E-state index >= 15 is 0 Å². The van der Waals surface area contributed by atoms with Gasteiger partial charge in [0.25, 0.3) is 11.6 Å². The Morgan fingerprint density at radius 1 is 1.27 bits per heavy atom. The summed E-state index contributed by atoms with van der Waals surface area (Å²) in [5.41, 5.74) is 1.46. The molecule has 0 bridgehead atoms. The molecule has 156 valence electrons. The lowest BCUT2D eigenvalue weighted by Crippen LogP contribution is -2.19. The third kappa shape index (κ3) is 4.97. The Bertz CT molecular complexity index is 1180. The molecule has 2 aromatic carbocycles. The van der Waals surface area contributed by atoms with Crippen LogP contribution in [0.5, 0.6) is 0 Å². The van der Waals surface area contributed by atoms with Crippen molar-refractivity contribution in [3.63, 3.8) is 0 Å². The Labute approximate surface area is 175 Å². The summed E-state index contributed by atoms with van der Waals surface area (Å²) < 4.78 is 8.14. The first-order chi connectivity index (χ1) is 14.4. The number of carbonyl (C=O) groups is 2. The largest absolute Gasteiger partial charge is 0.380 e. The van der Waals surface area contributed by atoms with Crippen LogP contribution in [0.15, 0.2) is 47.5 Å². The number of hydrogen-bond donors (Lipinski definition) is 1. The highest BCUT2D eigenvalue weighted by atomic mass is 32.1. The number of thiazole rings is 1. The van der Waals surface area contributed by atoms with Gasteiger partial charge < -0.3 is 14.6 Å². The van der Waals surface area contributed by atoms with Gasteiger partial charge in [-0.05, 0) is 31.2 Å². The van der Waals surface area contributed by atoms with Gasteiger partial charge in [0.1, 0.15) is 0 Å². The molecule has 0 unspecified atom stereocenters. The maximum absolute atomic E-state index is 12.7. The van der Waals surface area contributed by atoms with Crippen molar-refractivity contribution in [2.75, 3.05) is 18.5 Å². The van der Waals surface area contributed by atoms with Gasteiger partial charge in [-0.2, -0.15) is 4.99 Å². The van der Waals surface area contributed by atoms with Gasteiger partial charge in [-0.25, -0.2) is 0 Å². The number of anilines is 1. The molecule has 0 aliphatic heterocycles. The van der Waals surface area contributed by atoms with E-state index in [0.717, 1.165) is 10.2 Å². The smallest absolute Gasteiger partial charge is 0.279 e. The number of benzene rings is 2. The topological polar surface area (TPSA) is 116 Å². The number of nitrogens with one attached hydrogen (secondary N) is 1. The Hall–Kier alpha value is -3.37. The number of rotatable bonds is 7. The summed E-state index contributed by atoms with van der Waals surface area (Å²) in [6.07, 6.45) is 0. The van der Waals surface area contributed by atoms with E-state index in [9.17, 15) is 19.7 Å². The zero-order chi connectivity index (χ0) is 21.7. The first kappa shape index (κ1) is 21.3. The Morgan fingerprint density at radius 3 is 2.77 bits per heavy atom. The Kier molecular flexibility index (Phi) is 6.70. The first-order valence-electron chi connectivity index (χ1n) is 9.21. The third-order valence-corrected chi connectivity index (χ3v) is 5.21. The van der Waals surface area contributed by atoms with Crippen molar-refractivity contribution < 1.29 is 19.2 Å². The summed E-state index contributed by atoms with van der Waals surface area (Å²) in [7, 11) is 0. The predicted octanol–water partition coefficient (Wildman–Crippen LogP) is 3.35. The van der Waals surface area contributed by atoms with Crippen LogP contribution in [-0.4, -0.2) is 34.5 Å². The molecule has 0 aliphatic carbocycles. The number of fused-ring (bicyclic) bond motifs is 1. The summed E-state index contributed by atoms with van der Waals surface area (Å²) in [6, 6.07) is 10.9. The molecule has 3 rings (SSSR count). The van der Waals surface area contributed by atoms with E-state index in [1.165, 1.54) is 42.5 Å². The van der Waals surface area contributed by atoms with Crippen molar-refractivity contribution in [1.29, 1.82) is 0 Å². The van der Waals surface area contributed by atoms with Crippen molar-refractivity contribution in [2.45, 2.75) is 20.4 Å². The molecule has 0 atom stereocenters. The van der Waals surface area contributed by atoms with Gasteiger partial charge in [0, 0.05) is 43.5 Å². The van der Waals surface area contributed by atoms with E-state index in [1.54, 1.807) is 6.07 Å². The van der Waals surface area contributed by atoms with Crippen LogP contribution in [0, 0.1) is 10.1 Å². The van der Waals surface area contributed by atoms with E-state index in [-0.39, 0.29) is 17.2 Å². The van der Waals surface area contributed by atoms with Crippen molar-refractivity contribution in [3.05, 3.63) is 62.9 Å². The van der Waals surface area contributed by atoms with Crippen LogP contribution < -0.4 is 10.1 Å². The maximum Gasteiger partial charge on any atom is 0.279 e. The predicted molar refractivity (Wildman–Crippen MR) is 114 cm³/mol. The van der Waals surface area contributed by atoms with Crippen LogP contribution >= 0.6 is 11.3 Å². The van der Waals surface area contributed by atoms with Gasteiger partial charge >= 0.3 is 0 Å². The number of amides is 2. The van der Waals surface area contributed by atoms with Crippen molar-refractivity contribution in [3.8, 4) is 0 Å². The fourth-order valence-corrected chi connectivity index (χ4v) is 3.95. The van der Waals surface area contributed by atoms with Crippen molar-refractivity contribution in [2.24, 2.45) is 4.99 Å². The van der Waals surface area contributed by atoms with Crippen LogP contribution in [0.1, 0.15) is 24.2 Å². The zero-order valence-electron chi connectivity index (χ0n) is 16.5. The van der Waals surface area contributed by atoms with Crippen LogP contribution in [0.4, 0.5) is 11.4 Å². The summed E-state index contributed by atoms with van der Waals surface area (Å²) in [5, 5.41) is 13.7. The quantitative estimate of drug-likeness (QED) is 0.352. The summed E-state index contributed by atoms with van der Waals surface area (Å²) in [5.74, 6) is -0.751. The second-order valence-corrected chi connectivity index (χ2v) is 7.33. The average Bonchev–Trinajstić information content (AvgIpc) is 3.04. The zero-order valence-corrected chi connectivity index (χ0v) is 17.3. The van der Waals surface area contributed by atoms with E-state index < -0.39 is 10.8 Å². The van der Waals surface area contributed by atoms with Gasteiger partial charge in [0.2, 0.25) is 5.91 Å². The number of carbonyl (C=O) groups excluding carboxylic acids is 2. The molecule has 30 heavy (non-hydrogen) atoms. The molecule has 1 N–H and O–H groups in total. The summed E-state index contributed by atoms with van der Waals surface area (Å²) in [6.45, 7) is 4.81. The molecule has 0 fully saturated rings. The maximum atomic E-state index is 12.7. The highest BCUT2D eigenvalue weighted by molar-refractivity contribution is 7.16. The van der Waals surface area contributed by atoms with Gasteiger partial charge in [-0.1, -0.05) is 17.4 Å². The number of ether oxygens (including phenoxy) is 1. The van der Waals surface area contributed by atoms with Gasteiger partial charge in [0.15, 0.2) is 4.80 Å². The molecule has 1 aromatic heterocycles. The highest BCUT2D eigenvalue weighted by Crippen LogP contribution is 2.22. The molecule has 2 amide bonds. The van der Waals surface area contributed by atoms with Crippen LogP contribution in [0.3, 0.4) is 0 Å². The average molecular weight is 428 g/mol. The van der Waals surface area contributed by atoms with E-state index in [4.69, 9.17) is 4.74 Å². The molecule has 10 heteroatoms. The molecule has 9 nitrogen and oxygen atoms in total. The molecule has 0 aliphatic rings. The second-order valence-electron chi connectivity index (χ2n) is 6.32. The van der Waals surface area contributed by atoms with Crippen LogP contribution in [0.25, 0.3) is 10.2 Å². The van der Waals surface area contributed by atoms with Gasteiger partial charge in [-0.3, -0.25) is 19.7 Å². The number of nitro benzene ring substituents is 1. The second kappa shape index (κ2) is 9.42. The van der Waals surface area contributed by atoms with E-state index in [2.05, 4.69) is 10.3 Å². The molecule has 1 heterocycles. The number of hydrogen-bond acceptors (Lipinski definition) is 6. The molecule has 0 spiro atoms. The standard InChI is InChI=1S/C20H20N4O5S/c1-3-29-10-9-23-17-8-7-15(21-13(2)25)12-18(17)30-20(23)22-19(26)14-5-4-6-16(11-14)24(27)28/h4-8,11-12H,3,9-10H2,1-2H3,(H,21,25). The molecule has 0 saturated carbocycles. The lowest BCUT2D eigenvalue weighted by molar-refractivity contribution is -0.384. The fraction of sp³-hybridized carbons (Fsp3) is 0.250. The minimum Gasteiger partial charge on any atom is -0.380 e. The number of nitro groups is 1. The normalized spacial score (nSPS) is 11.6. The van der Waals surface area contributed by atoms with Crippen molar-refractivity contribution in [1.82, 2.24) is 4.57 Å². The van der Waals surface area contributed by atoms with Crippen LogP contribution in [0.2, 0.25) is 0 Å². The van der Waals surface area contributed by atoms with E-state index in [1.807, 2.05) is 23.6 Å². The number of aromatic nitrogens is 1. The minimum atomic E-state index is -0.572.